The summed E-state index contributed by atoms with van der Waals surface area (Å²) in [6.07, 6.45) is 18.0. The van der Waals surface area contributed by atoms with Crippen molar-refractivity contribution in [1.29, 1.82) is 0 Å². The molecule has 4 nitrogen and oxygen atoms in total. The van der Waals surface area contributed by atoms with Gasteiger partial charge in [0.05, 0.1) is 0 Å². The maximum atomic E-state index is 10.2. The summed E-state index contributed by atoms with van der Waals surface area (Å²) in [5.74, 6) is -0.971. The SMILES string of the molecule is CCCCC/C=C\C=C\C(CCCCCCCC(=O)[O-])OO. The Morgan fingerprint density at radius 3 is 2.50 bits per heavy atom. The van der Waals surface area contributed by atoms with Gasteiger partial charge in [0.1, 0.15) is 6.10 Å². The second-order valence-corrected chi connectivity index (χ2v) is 5.63. The Hall–Kier alpha value is -1.13. The largest absolute Gasteiger partial charge is 0.550 e. The van der Waals surface area contributed by atoms with Crippen LogP contribution in [-0.4, -0.2) is 17.3 Å². The maximum Gasteiger partial charge on any atom is 0.111 e. The van der Waals surface area contributed by atoms with Crippen LogP contribution in [0.15, 0.2) is 24.3 Å². The Labute approximate surface area is 134 Å². The van der Waals surface area contributed by atoms with Crippen LogP contribution in [0.25, 0.3) is 0 Å². The molecule has 0 bridgehead atoms. The lowest BCUT2D eigenvalue weighted by Gasteiger charge is -2.08. The highest BCUT2D eigenvalue weighted by Crippen LogP contribution is 2.11. The van der Waals surface area contributed by atoms with Gasteiger partial charge in [-0.15, -0.1) is 0 Å². The number of allylic oxidation sites excluding steroid dienone is 3. The van der Waals surface area contributed by atoms with E-state index in [1.807, 2.05) is 18.2 Å². The normalized spacial score (nSPS) is 13.2. The van der Waals surface area contributed by atoms with Gasteiger partial charge in [0.15, 0.2) is 0 Å². The van der Waals surface area contributed by atoms with Crippen molar-refractivity contribution in [2.75, 3.05) is 0 Å². The molecule has 0 radical (unpaired) electrons. The van der Waals surface area contributed by atoms with E-state index >= 15 is 0 Å². The number of rotatable bonds is 15. The van der Waals surface area contributed by atoms with Gasteiger partial charge in [-0.25, -0.2) is 4.89 Å². The Bertz CT molecular complexity index is 310. The standard InChI is InChI=1S/C18H32O4/c1-2-3-4-5-6-8-11-14-17(22-21)15-12-9-7-10-13-16-18(19)20/h6,8,11,14,17,21H,2-5,7,9-10,12-13,15-16H2,1H3,(H,19,20)/p-1/b8-6-,14-11+. The number of unbranched alkanes of at least 4 members (excludes halogenated alkanes) is 7. The van der Waals surface area contributed by atoms with Gasteiger partial charge in [-0.3, -0.25) is 5.26 Å². The van der Waals surface area contributed by atoms with Crippen molar-refractivity contribution in [3.8, 4) is 0 Å². The van der Waals surface area contributed by atoms with Gasteiger partial charge in [0, 0.05) is 5.97 Å². The zero-order valence-electron chi connectivity index (χ0n) is 13.8. The van der Waals surface area contributed by atoms with Crippen LogP contribution in [0.2, 0.25) is 0 Å². The molecule has 0 aliphatic carbocycles. The topological polar surface area (TPSA) is 69.6 Å². The summed E-state index contributed by atoms with van der Waals surface area (Å²) in [7, 11) is 0. The number of aliphatic carboxylic acids is 1. The average Bonchev–Trinajstić information content (AvgIpc) is 2.50. The Kier molecular flexibility index (Phi) is 15.4. The predicted octanol–water partition coefficient (Wildman–Crippen LogP) is 4.02. The van der Waals surface area contributed by atoms with E-state index in [4.69, 9.17) is 5.26 Å². The number of hydrogen-bond acceptors (Lipinski definition) is 4. The minimum Gasteiger partial charge on any atom is -0.550 e. The van der Waals surface area contributed by atoms with E-state index in [1.165, 1.54) is 19.3 Å². The van der Waals surface area contributed by atoms with Crippen molar-refractivity contribution >= 4 is 5.97 Å². The molecule has 0 aromatic carbocycles. The highest BCUT2D eigenvalue weighted by atomic mass is 17.1. The summed E-state index contributed by atoms with van der Waals surface area (Å²) in [4.78, 5) is 14.7. The van der Waals surface area contributed by atoms with Gasteiger partial charge in [0.25, 0.3) is 0 Å². The lowest BCUT2D eigenvalue weighted by molar-refractivity contribution is -0.305. The quantitative estimate of drug-likeness (QED) is 0.215. The molecular weight excluding hydrogens is 280 g/mol. The molecule has 0 aliphatic heterocycles. The molecule has 0 saturated heterocycles. The lowest BCUT2D eigenvalue weighted by Crippen LogP contribution is -2.21. The zero-order valence-corrected chi connectivity index (χ0v) is 13.8. The minimum atomic E-state index is -0.971. The van der Waals surface area contributed by atoms with Crippen LogP contribution < -0.4 is 5.11 Å². The van der Waals surface area contributed by atoms with Crippen molar-refractivity contribution in [3.05, 3.63) is 24.3 Å². The molecular formula is C18H31O4-. The smallest absolute Gasteiger partial charge is 0.111 e. The van der Waals surface area contributed by atoms with Gasteiger partial charge < -0.3 is 9.90 Å². The lowest BCUT2D eigenvalue weighted by atomic mass is 10.1. The Morgan fingerprint density at radius 2 is 1.82 bits per heavy atom. The second-order valence-electron chi connectivity index (χ2n) is 5.63. The Morgan fingerprint density at radius 1 is 1.09 bits per heavy atom. The molecule has 1 atom stereocenters. The van der Waals surface area contributed by atoms with E-state index in [2.05, 4.69) is 17.9 Å². The second kappa shape index (κ2) is 16.2. The summed E-state index contributed by atoms with van der Waals surface area (Å²) in [6.45, 7) is 2.19. The van der Waals surface area contributed by atoms with Crippen LogP contribution in [0.3, 0.4) is 0 Å². The van der Waals surface area contributed by atoms with E-state index in [1.54, 1.807) is 0 Å². The van der Waals surface area contributed by atoms with Crippen LogP contribution in [0.1, 0.15) is 77.6 Å². The van der Waals surface area contributed by atoms with Gasteiger partial charge >= 0.3 is 0 Å². The molecule has 128 valence electrons. The molecule has 0 spiro atoms. The number of hydrogen-bond donors (Lipinski definition) is 1. The molecule has 0 rings (SSSR count). The van der Waals surface area contributed by atoms with Crippen molar-refractivity contribution in [2.45, 2.75) is 83.7 Å². The molecule has 0 aromatic heterocycles. The van der Waals surface area contributed by atoms with Crippen molar-refractivity contribution in [1.82, 2.24) is 0 Å². The first-order valence-corrected chi connectivity index (χ1v) is 8.54. The fourth-order valence-electron chi connectivity index (χ4n) is 2.20. The van der Waals surface area contributed by atoms with Gasteiger partial charge in [0.2, 0.25) is 0 Å². The summed E-state index contributed by atoms with van der Waals surface area (Å²) in [6, 6.07) is 0. The first-order valence-electron chi connectivity index (χ1n) is 8.54. The van der Waals surface area contributed by atoms with Crippen molar-refractivity contribution in [3.63, 3.8) is 0 Å². The third-order valence-electron chi connectivity index (χ3n) is 3.55. The third kappa shape index (κ3) is 15.3. The Balaban J connectivity index is 3.59. The summed E-state index contributed by atoms with van der Waals surface area (Å²) >= 11 is 0. The van der Waals surface area contributed by atoms with E-state index in [9.17, 15) is 9.90 Å². The number of carboxylic acid groups (broad SMARTS) is 1. The van der Waals surface area contributed by atoms with Crippen LogP contribution in [0.5, 0.6) is 0 Å². The zero-order chi connectivity index (χ0) is 16.5. The summed E-state index contributed by atoms with van der Waals surface area (Å²) in [5, 5.41) is 19.1. The van der Waals surface area contributed by atoms with E-state index in [0.29, 0.717) is 6.42 Å². The van der Waals surface area contributed by atoms with Crippen molar-refractivity contribution < 1.29 is 20.0 Å². The van der Waals surface area contributed by atoms with Crippen LogP contribution >= 0.6 is 0 Å². The molecule has 1 unspecified atom stereocenters. The van der Waals surface area contributed by atoms with E-state index in [0.717, 1.165) is 38.5 Å². The van der Waals surface area contributed by atoms with Gasteiger partial charge in [-0.2, -0.15) is 0 Å². The molecule has 0 saturated carbocycles. The van der Waals surface area contributed by atoms with Gasteiger partial charge in [-0.05, 0) is 32.1 Å². The molecule has 0 amide bonds. The van der Waals surface area contributed by atoms with Crippen LogP contribution in [0.4, 0.5) is 0 Å². The predicted molar refractivity (Wildman–Crippen MR) is 87.2 cm³/mol. The molecule has 0 aliphatic rings. The van der Waals surface area contributed by atoms with Crippen LogP contribution in [-0.2, 0) is 9.68 Å². The molecule has 0 heterocycles. The highest BCUT2D eigenvalue weighted by molar-refractivity contribution is 5.63. The minimum absolute atomic E-state index is 0.149. The fraction of sp³-hybridized carbons (Fsp3) is 0.722. The summed E-state index contributed by atoms with van der Waals surface area (Å²) < 4.78 is 0. The number of carboxylic acids is 1. The summed E-state index contributed by atoms with van der Waals surface area (Å²) in [5.41, 5.74) is 0. The molecule has 1 N–H and O–H groups in total. The first-order chi connectivity index (χ1) is 10.7. The molecule has 4 heteroatoms. The highest BCUT2D eigenvalue weighted by Gasteiger charge is 2.03. The number of carbonyl (C=O) groups excluding carboxylic acids is 1. The monoisotopic (exact) mass is 311 g/mol. The maximum absolute atomic E-state index is 10.2. The van der Waals surface area contributed by atoms with Crippen molar-refractivity contribution in [2.24, 2.45) is 0 Å². The number of carbonyl (C=O) groups is 1. The van der Waals surface area contributed by atoms with E-state index < -0.39 is 5.97 Å². The van der Waals surface area contributed by atoms with Gasteiger partial charge in [-0.1, -0.05) is 69.8 Å². The fourth-order valence-corrected chi connectivity index (χ4v) is 2.20. The molecule has 0 fully saturated rings. The van der Waals surface area contributed by atoms with Crippen LogP contribution in [0, 0.1) is 0 Å². The molecule has 22 heavy (non-hydrogen) atoms. The average molecular weight is 311 g/mol. The first kappa shape index (κ1) is 20.9. The van der Waals surface area contributed by atoms with E-state index in [-0.39, 0.29) is 12.5 Å². The third-order valence-corrected chi connectivity index (χ3v) is 3.55. The molecule has 0 aromatic rings.